The molecule has 0 aromatic heterocycles. The summed E-state index contributed by atoms with van der Waals surface area (Å²) in [5.74, 6) is 0.575. The molecule has 2 N–H and O–H groups in total. The number of rotatable bonds is 10. The quantitative estimate of drug-likeness (QED) is 0.580. The minimum absolute atomic E-state index is 0.0897. The highest BCUT2D eigenvalue weighted by Gasteiger charge is 2.18. The van der Waals surface area contributed by atoms with E-state index in [4.69, 9.17) is 4.74 Å². The fraction of sp³-hybridized carbons (Fsp3) is 0.391. The molecule has 156 valence electrons. The van der Waals surface area contributed by atoms with Crippen molar-refractivity contribution in [3.63, 3.8) is 0 Å². The van der Waals surface area contributed by atoms with Crippen LogP contribution in [0.15, 0.2) is 42.5 Å². The Bertz CT molecular complexity index is 816. The smallest absolute Gasteiger partial charge is 0.237 e. The molecule has 2 aromatic rings. The lowest BCUT2D eigenvalue weighted by molar-refractivity contribution is -0.115. The number of anilines is 2. The van der Waals surface area contributed by atoms with Crippen LogP contribution in [0.25, 0.3) is 0 Å². The minimum Gasteiger partial charge on any atom is -0.492 e. The maximum atomic E-state index is 12.7. The van der Waals surface area contributed by atoms with Crippen molar-refractivity contribution in [1.82, 2.24) is 0 Å². The molecule has 0 aliphatic rings. The van der Waals surface area contributed by atoms with Gasteiger partial charge in [0.25, 0.3) is 0 Å². The van der Waals surface area contributed by atoms with Crippen LogP contribution < -0.4 is 15.4 Å². The molecular formula is C23H30N2O3S. The van der Waals surface area contributed by atoms with Crippen LogP contribution in [0.3, 0.4) is 0 Å². The Labute approximate surface area is 177 Å². The zero-order valence-electron chi connectivity index (χ0n) is 17.6. The predicted molar refractivity (Wildman–Crippen MR) is 122 cm³/mol. The van der Waals surface area contributed by atoms with Crippen molar-refractivity contribution in [2.75, 3.05) is 23.0 Å². The molecule has 2 aromatic carbocycles. The summed E-state index contributed by atoms with van der Waals surface area (Å²) in [7, 11) is 0. The Morgan fingerprint density at radius 3 is 2.24 bits per heavy atom. The van der Waals surface area contributed by atoms with Gasteiger partial charge in [-0.3, -0.25) is 9.59 Å². The largest absolute Gasteiger partial charge is 0.492 e. The van der Waals surface area contributed by atoms with Crippen molar-refractivity contribution in [2.45, 2.75) is 45.8 Å². The van der Waals surface area contributed by atoms with Crippen LogP contribution >= 0.6 is 11.8 Å². The van der Waals surface area contributed by atoms with Crippen molar-refractivity contribution in [2.24, 2.45) is 0 Å². The molecule has 0 saturated heterocycles. The molecule has 2 amide bonds. The molecule has 5 nitrogen and oxygen atoms in total. The number of carbonyl (C=O) groups is 2. The van der Waals surface area contributed by atoms with Crippen molar-refractivity contribution < 1.29 is 14.3 Å². The van der Waals surface area contributed by atoms with Gasteiger partial charge >= 0.3 is 0 Å². The van der Waals surface area contributed by atoms with E-state index in [1.54, 1.807) is 6.07 Å². The summed E-state index contributed by atoms with van der Waals surface area (Å²) in [5.41, 5.74) is 3.80. The molecule has 0 saturated carbocycles. The van der Waals surface area contributed by atoms with Crippen LogP contribution in [0.2, 0.25) is 0 Å². The topological polar surface area (TPSA) is 67.4 Å². The highest BCUT2D eigenvalue weighted by molar-refractivity contribution is 8.01. The van der Waals surface area contributed by atoms with E-state index in [2.05, 4.69) is 24.5 Å². The lowest BCUT2D eigenvalue weighted by Crippen LogP contribution is -2.26. The van der Waals surface area contributed by atoms with E-state index in [0.29, 0.717) is 18.0 Å². The van der Waals surface area contributed by atoms with Crippen LogP contribution in [-0.4, -0.2) is 29.4 Å². The molecule has 0 fully saturated rings. The Balaban J connectivity index is 1.93. The first-order valence-corrected chi connectivity index (χ1v) is 11.1. The van der Waals surface area contributed by atoms with E-state index >= 15 is 0 Å². The third-order valence-corrected chi connectivity index (χ3v) is 5.68. The fourth-order valence-corrected chi connectivity index (χ4v) is 3.63. The number of amides is 2. The van der Waals surface area contributed by atoms with Gasteiger partial charge in [-0.2, -0.15) is 0 Å². The van der Waals surface area contributed by atoms with Crippen LogP contribution in [0.5, 0.6) is 5.75 Å². The molecule has 0 aliphatic carbocycles. The first-order valence-electron chi connectivity index (χ1n) is 10.0. The molecule has 1 atom stereocenters. The van der Waals surface area contributed by atoms with E-state index in [9.17, 15) is 9.59 Å². The summed E-state index contributed by atoms with van der Waals surface area (Å²) in [5, 5.41) is 5.58. The minimum atomic E-state index is -0.350. The number of aryl methyl sites for hydroxylation is 2. The number of hydrogen-bond donors (Lipinski definition) is 2. The van der Waals surface area contributed by atoms with Gasteiger partial charge in [-0.05, 0) is 49.9 Å². The van der Waals surface area contributed by atoms with Crippen molar-refractivity contribution in [1.29, 1.82) is 0 Å². The highest BCUT2D eigenvalue weighted by atomic mass is 32.2. The van der Waals surface area contributed by atoms with Crippen molar-refractivity contribution >= 4 is 35.0 Å². The van der Waals surface area contributed by atoms with E-state index in [-0.39, 0.29) is 22.8 Å². The molecule has 0 radical (unpaired) electrons. The standard InChI is InChI=1S/C23H30N2O3S/c1-5-17-11-10-12-18(6-2)22(17)25-23(27)16(4)29-15-21(26)24-19-13-8-9-14-20(19)28-7-3/h8-14,16H,5-7,15H2,1-4H3,(H,24,26)(H,25,27)/t16-/m0/s1. The SMILES string of the molecule is CCOc1ccccc1NC(=O)CS[C@@H](C)C(=O)Nc1c(CC)cccc1CC. The summed E-state index contributed by atoms with van der Waals surface area (Å²) >= 11 is 1.31. The zero-order valence-corrected chi connectivity index (χ0v) is 18.4. The number of benzene rings is 2. The molecule has 0 aliphatic heterocycles. The third kappa shape index (κ3) is 6.53. The Kier molecular flexibility index (Phi) is 9.06. The third-order valence-electron chi connectivity index (χ3n) is 4.54. The second kappa shape index (κ2) is 11.5. The summed E-state index contributed by atoms with van der Waals surface area (Å²) in [6, 6.07) is 13.4. The Hall–Kier alpha value is -2.47. The summed E-state index contributed by atoms with van der Waals surface area (Å²) in [6.07, 6.45) is 1.71. The van der Waals surface area contributed by atoms with Crippen molar-refractivity contribution in [3.05, 3.63) is 53.6 Å². The van der Waals surface area contributed by atoms with Gasteiger partial charge in [0.15, 0.2) is 0 Å². The van der Waals surface area contributed by atoms with Gasteiger partial charge in [0, 0.05) is 5.69 Å². The number of para-hydroxylation sites is 3. The lowest BCUT2D eigenvalue weighted by Gasteiger charge is -2.17. The Morgan fingerprint density at radius 1 is 0.966 bits per heavy atom. The lowest BCUT2D eigenvalue weighted by atomic mass is 10.0. The van der Waals surface area contributed by atoms with E-state index in [1.807, 2.05) is 50.2 Å². The second-order valence-corrected chi connectivity index (χ2v) is 7.91. The first-order chi connectivity index (χ1) is 14.0. The first kappa shape index (κ1) is 22.8. The molecule has 0 unspecified atom stereocenters. The van der Waals surface area contributed by atoms with Gasteiger partial charge in [0.05, 0.1) is 23.3 Å². The molecule has 29 heavy (non-hydrogen) atoms. The average Bonchev–Trinajstić information content (AvgIpc) is 2.73. The van der Waals surface area contributed by atoms with E-state index < -0.39 is 0 Å². The van der Waals surface area contributed by atoms with Gasteiger partial charge in [-0.25, -0.2) is 0 Å². The summed E-state index contributed by atoms with van der Waals surface area (Å²) in [4.78, 5) is 25.0. The maximum absolute atomic E-state index is 12.7. The fourth-order valence-electron chi connectivity index (χ4n) is 2.94. The normalized spacial score (nSPS) is 11.6. The number of carbonyl (C=O) groups excluding carboxylic acids is 2. The van der Waals surface area contributed by atoms with Gasteiger partial charge in [0.1, 0.15) is 5.75 Å². The second-order valence-electron chi connectivity index (χ2n) is 6.58. The number of thioether (sulfide) groups is 1. The number of ether oxygens (including phenoxy) is 1. The van der Waals surface area contributed by atoms with Crippen LogP contribution in [0.1, 0.15) is 38.8 Å². The molecule has 6 heteroatoms. The van der Waals surface area contributed by atoms with Gasteiger partial charge < -0.3 is 15.4 Å². The van der Waals surface area contributed by atoms with E-state index in [1.165, 1.54) is 11.8 Å². The molecule has 0 spiro atoms. The maximum Gasteiger partial charge on any atom is 0.237 e. The van der Waals surface area contributed by atoms with Crippen LogP contribution in [-0.2, 0) is 22.4 Å². The van der Waals surface area contributed by atoms with Gasteiger partial charge in [-0.15, -0.1) is 11.8 Å². The average molecular weight is 415 g/mol. The Morgan fingerprint density at radius 2 is 1.62 bits per heavy atom. The molecule has 0 heterocycles. The summed E-state index contributed by atoms with van der Waals surface area (Å²) < 4.78 is 5.53. The van der Waals surface area contributed by atoms with Crippen LogP contribution in [0, 0.1) is 0 Å². The number of nitrogens with one attached hydrogen (secondary N) is 2. The van der Waals surface area contributed by atoms with Gasteiger partial charge in [0.2, 0.25) is 11.8 Å². The monoisotopic (exact) mass is 414 g/mol. The van der Waals surface area contributed by atoms with Crippen LogP contribution in [0.4, 0.5) is 11.4 Å². The zero-order chi connectivity index (χ0) is 21.2. The van der Waals surface area contributed by atoms with E-state index in [0.717, 1.165) is 29.7 Å². The molecule has 0 bridgehead atoms. The highest BCUT2D eigenvalue weighted by Crippen LogP contribution is 2.25. The van der Waals surface area contributed by atoms with Gasteiger partial charge in [-0.1, -0.05) is 44.2 Å². The van der Waals surface area contributed by atoms with Crippen molar-refractivity contribution in [3.8, 4) is 5.75 Å². The predicted octanol–water partition coefficient (Wildman–Crippen LogP) is 4.91. The summed E-state index contributed by atoms with van der Waals surface area (Å²) in [6.45, 7) is 8.40. The molecule has 2 rings (SSSR count). The molecular weight excluding hydrogens is 384 g/mol. The number of hydrogen-bond acceptors (Lipinski definition) is 4.